The number of phosphoric acid groups is 1. The standard InChI is InChI=1S/C20H23O4P/c1-2-3-4-5-6-8-13-16-14-17(15-11-9-7-10-12-15)19-20-18(16)22-25(21,23-19)24-20/h7,9-12,14H,2-6,8,13H2,1H3. The van der Waals surface area contributed by atoms with Crippen LogP contribution in [0.1, 0.15) is 51.0 Å². The lowest BCUT2D eigenvalue weighted by molar-refractivity contribution is 0.353. The largest absolute Gasteiger partial charge is 0.647 e. The van der Waals surface area contributed by atoms with E-state index in [4.69, 9.17) is 13.6 Å². The third-order valence-electron chi connectivity index (χ3n) is 4.76. The number of hydrogen-bond acceptors (Lipinski definition) is 4. The predicted molar refractivity (Wildman–Crippen MR) is 98.4 cm³/mol. The summed E-state index contributed by atoms with van der Waals surface area (Å²) in [5.74, 6) is 1.70. The second-order valence-corrected chi connectivity index (χ2v) is 8.12. The van der Waals surface area contributed by atoms with Gasteiger partial charge in [-0.3, -0.25) is 0 Å². The fourth-order valence-electron chi connectivity index (χ4n) is 3.46. The Morgan fingerprint density at radius 1 is 0.840 bits per heavy atom. The van der Waals surface area contributed by atoms with Crippen LogP contribution in [0.25, 0.3) is 11.1 Å². The van der Waals surface area contributed by atoms with Gasteiger partial charge in [-0.25, -0.2) is 0 Å². The summed E-state index contributed by atoms with van der Waals surface area (Å²) < 4.78 is 28.9. The van der Waals surface area contributed by atoms with Gasteiger partial charge in [0.15, 0.2) is 11.5 Å². The van der Waals surface area contributed by atoms with Crippen LogP contribution in [-0.2, 0) is 11.0 Å². The van der Waals surface area contributed by atoms with Crippen LogP contribution in [0.3, 0.4) is 0 Å². The minimum atomic E-state index is -3.48. The molecular weight excluding hydrogens is 335 g/mol. The van der Waals surface area contributed by atoms with E-state index in [1.165, 1.54) is 32.1 Å². The summed E-state index contributed by atoms with van der Waals surface area (Å²) in [6.07, 6.45) is 8.32. The van der Waals surface area contributed by atoms with Crippen LogP contribution in [0.5, 0.6) is 17.2 Å². The summed E-state index contributed by atoms with van der Waals surface area (Å²) in [4.78, 5) is 0. The van der Waals surface area contributed by atoms with Crippen molar-refractivity contribution in [3.05, 3.63) is 42.0 Å². The molecule has 0 fully saturated rings. The third-order valence-corrected chi connectivity index (χ3v) is 5.98. The molecule has 0 aliphatic carbocycles. The SMILES string of the molecule is CCCCCCCCc1cc(-c2ccccc2)c2c3c1OP(=O)(O2)O3. The molecule has 4 rings (SSSR count). The smallest absolute Gasteiger partial charge is 0.381 e. The molecule has 0 saturated heterocycles. The zero-order valence-electron chi connectivity index (χ0n) is 14.5. The van der Waals surface area contributed by atoms with Crippen LogP contribution in [0.4, 0.5) is 0 Å². The summed E-state index contributed by atoms with van der Waals surface area (Å²) in [7, 11) is -3.48. The Labute approximate surface area is 148 Å². The fraction of sp³-hybridized carbons (Fsp3) is 0.400. The molecule has 0 radical (unpaired) electrons. The molecule has 4 nitrogen and oxygen atoms in total. The van der Waals surface area contributed by atoms with E-state index in [0.717, 1.165) is 29.5 Å². The molecule has 0 aromatic heterocycles. The molecule has 0 saturated carbocycles. The molecule has 5 heteroatoms. The summed E-state index contributed by atoms with van der Waals surface area (Å²) in [5.41, 5.74) is 3.03. The number of fused-ring (bicyclic) bond motifs is 1. The quantitative estimate of drug-likeness (QED) is 0.397. The van der Waals surface area contributed by atoms with Crippen molar-refractivity contribution in [2.24, 2.45) is 0 Å². The van der Waals surface area contributed by atoms with Gasteiger partial charge in [0.1, 0.15) is 0 Å². The van der Waals surface area contributed by atoms with E-state index in [-0.39, 0.29) is 0 Å². The Morgan fingerprint density at radius 2 is 1.52 bits per heavy atom. The van der Waals surface area contributed by atoms with Gasteiger partial charge >= 0.3 is 7.82 Å². The average molecular weight is 358 g/mol. The fourth-order valence-corrected chi connectivity index (χ4v) is 4.79. The average Bonchev–Trinajstić information content (AvgIpc) is 3.15. The molecule has 0 spiro atoms. The van der Waals surface area contributed by atoms with Crippen molar-refractivity contribution < 1.29 is 18.1 Å². The van der Waals surface area contributed by atoms with E-state index in [1.807, 2.05) is 30.3 Å². The Balaban J connectivity index is 1.58. The van der Waals surface area contributed by atoms with Gasteiger partial charge in [-0.1, -0.05) is 69.4 Å². The normalized spacial score (nSPS) is 19.4. The molecular formula is C20H23O4P. The van der Waals surface area contributed by atoms with Crippen LogP contribution in [-0.4, -0.2) is 0 Å². The van der Waals surface area contributed by atoms with Crippen LogP contribution in [0, 0.1) is 0 Å². The lowest BCUT2D eigenvalue weighted by Crippen LogP contribution is -2.02. The number of hydrogen-bond donors (Lipinski definition) is 0. The highest BCUT2D eigenvalue weighted by molar-refractivity contribution is 7.50. The van der Waals surface area contributed by atoms with Crippen molar-refractivity contribution in [2.75, 3.05) is 0 Å². The van der Waals surface area contributed by atoms with E-state index >= 15 is 0 Å². The van der Waals surface area contributed by atoms with Crippen molar-refractivity contribution in [3.63, 3.8) is 0 Å². The van der Waals surface area contributed by atoms with Gasteiger partial charge in [-0.2, -0.15) is 4.57 Å². The predicted octanol–water partition coefficient (Wildman–Crippen LogP) is 6.53. The zero-order valence-corrected chi connectivity index (χ0v) is 15.4. The second-order valence-electron chi connectivity index (χ2n) is 6.68. The van der Waals surface area contributed by atoms with Gasteiger partial charge in [0, 0.05) is 5.56 Å². The molecule has 132 valence electrons. The Kier molecular flexibility index (Phi) is 4.47. The number of aryl methyl sites for hydroxylation is 1. The van der Waals surface area contributed by atoms with Gasteiger partial charge in [0.25, 0.3) is 0 Å². The summed E-state index contributed by atoms with van der Waals surface area (Å²) >= 11 is 0. The maximum Gasteiger partial charge on any atom is 0.647 e. The first-order valence-corrected chi connectivity index (χ1v) is 10.6. The molecule has 2 aromatic rings. The summed E-state index contributed by atoms with van der Waals surface area (Å²) in [6.45, 7) is 2.23. The van der Waals surface area contributed by atoms with E-state index < -0.39 is 7.82 Å². The molecule has 1 atom stereocenters. The monoisotopic (exact) mass is 358 g/mol. The molecule has 0 amide bonds. The Hall–Kier alpha value is -1.93. The lowest BCUT2D eigenvalue weighted by Gasteiger charge is -2.17. The minimum absolute atomic E-state index is 0.519. The van der Waals surface area contributed by atoms with Crippen molar-refractivity contribution in [1.29, 1.82) is 0 Å². The Bertz CT molecular complexity index is 816. The second kappa shape index (κ2) is 6.76. The van der Waals surface area contributed by atoms with Crippen molar-refractivity contribution >= 4 is 7.82 Å². The van der Waals surface area contributed by atoms with E-state index in [1.54, 1.807) is 0 Å². The van der Waals surface area contributed by atoms with Crippen molar-refractivity contribution in [1.82, 2.24) is 0 Å². The van der Waals surface area contributed by atoms with Crippen LogP contribution in [0.2, 0.25) is 0 Å². The number of rotatable bonds is 8. The van der Waals surface area contributed by atoms with Gasteiger partial charge < -0.3 is 13.6 Å². The number of benzene rings is 2. The van der Waals surface area contributed by atoms with Gasteiger partial charge in [-0.05, 0) is 30.0 Å². The molecule has 1 unspecified atom stereocenters. The Morgan fingerprint density at radius 3 is 2.28 bits per heavy atom. The first kappa shape index (κ1) is 16.5. The molecule has 2 aliphatic heterocycles. The minimum Gasteiger partial charge on any atom is -0.381 e. The number of phosphoric ester groups is 1. The summed E-state index contributed by atoms with van der Waals surface area (Å²) in [5, 5.41) is 0. The molecule has 2 heterocycles. The van der Waals surface area contributed by atoms with Crippen molar-refractivity contribution in [2.45, 2.75) is 51.9 Å². The highest BCUT2D eigenvalue weighted by atomic mass is 31.2. The van der Waals surface area contributed by atoms with Crippen LogP contribution in [0.15, 0.2) is 36.4 Å². The first-order chi connectivity index (χ1) is 12.2. The molecule has 2 aromatic carbocycles. The van der Waals surface area contributed by atoms with Crippen molar-refractivity contribution in [3.8, 4) is 28.4 Å². The molecule has 2 aliphatic rings. The first-order valence-electron chi connectivity index (χ1n) is 9.14. The number of unbranched alkanes of at least 4 members (excludes halogenated alkanes) is 5. The molecule has 2 bridgehead atoms. The van der Waals surface area contributed by atoms with E-state index in [0.29, 0.717) is 17.2 Å². The third kappa shape index (κ3) is 3.16. The topological polar surface area (TPSA) is 44.8 Å². The highest BCUT2D eigenvalue weighted by Crippen LogP contribution is 2.71. The lowest BCUT2D eigenvalue weighted by atomic mass is 9.97. The summed E-state index contributed by atoms with van der Waals surface area (Å²) in [6, 6.07) is 12.1. The van der Waals surface area contributed by atoms with Gasteiger partial charge in [-0.15, -0.1) is 0 Å². The van der Waals surface area contributed by atoms with Gasteiger partial charge in [0.2, 0.25) is 5.75 Å². The maximum absolute atomic E-state index is 12.4. The van der Waals surface area contributed by atoms with E-state index in [2.05, 4.69) is 13.0 Å². The van der Waals surface area contributed by atoms with E-state index in [9.17, 15) is 4.57 Å². The zero-order chi connectivity index (χ0) is 17.3. The van der Waals surface area contributed by atoms with Crippen LogP contribution >= 0.6 is 7.82 Å². The molecule has 25 heavy (non-hydrogen) atoms. The maximum atomic E-state index is 12.4. The van der Waals surface area contributed by atoms with Crippen LogP contribution < -0.4 is 13.6 Å². The highest BCUT2D eigenvalue weighted by Gasteiger charge is 2.52. The van der Waals surface area contributed by atoms with Gasteiger partial charge in [0.05, 0.1) is 0 Å². The molecule has 0 N–H and O–H groups in total.